The lowest BCUT2D eigenvalue weighted by atomic mass is 10.1. The van der Waals surface area contributed by atoms with Crippen molar-refractivity contribution in [3.8, 4) is 34.3 Å². The Labute approximate surface area is 289 Å². The van der Waals surface area contributed by atoms with Gasteiger partial charge in [-0.15, -0.1) is 0 Å². The average Bonchev–Trinajstić information content (AvgIpc) is 3.98. The zero-order chi connectivity index (χ0) is 36.5. The third-order valence-corrected chi connectivity index (χ3v) is 8.08. The topological polar surface area (TPSA) is 190 Å². The van der Waals surface area contributed by atoms with Crippen molar-refractivity contribution in [1.29, 1.82) is 0 Å². The Kier molecular flexibility index (Phi) is 9.09. The fraction of sp³-hybridized carbons (Fsp3) is 0.250. The van der Waals surface area contributed by atoms with Gasteiger partial charge in [-0.05, 0) is 24.3 Å². The molecule has 2 atom stereocenters. The highest BCUT2D eigenvalue weighted by Crippen LogP contribution is 2.37. The van der Waals surface area contributed by atoms with Crippen molar-refractivity contribution in [2.45, 2.75) is 24.9 Å². The van der Waals surface area contributed by atoms with Crippen LogP contribution in [0, 0.1) is 0 Å². The molecule has 0 bridgehead atoms. The summed E-state index contributed by atoms with van der Waals surface area (Å²) in [5.41, 5.74) is 3.39. The summed E-state index contributed by atoms with van der Waals surface area (Å²) in [6.07, 6.45) is -2.57. The van der Waals surface area contributed by atoms with E-state index in [1.54, 1.807) is 75.0 Å². The molecule has 6 heterocycles. The van der Waals surface area contributed by atoms with Crippen LogP contribution < -0.4 is 20.1 Å². The normalized spacial score (nSPS) is 15.8. The Morgan fingerprint density at radius 3 is 1.46 bits per heavy atom. The molecule has 0 aliphatic carbocycles. The first-order valence-corrected chi connectivity index (χ1v) is 15.4. The maximum Gasteiger partial charge on any atom is 0.315 e. The molecule has 0 saturated carbocycles. The molecule has 16 nitrogen and oxygen atoms in total. The zero-order valence-corrected chi connectivity index (χ0v) is 27.0. The minimum Gasteiger partial charge on any atom is -0.491 e. The fourth-order valence-electron chi connectivity index (χ4n) is 5.48. The third-order valence-electron chi connectivity index (χ3n) is 8.08. The molecule has 20 heteroatoms. The maximum atomic E-state index is 12.6. The molecule has 0 fully saturated rings. The van der Waals surface area contributed by atoms with Crippen LogP contribution in [0.4, 0.5) is 17.6 Å². The standard InChI is InChI=1S/2C16H13F2N5O3/c2*1-23-11(4-5-19-23)15(24)20-10-7-25-12-6-8(2-3-9(10)12)14-21-16(13(17)18)26-22-14/h2*2-6,10,13H,7H2,1H3,(H,20,24)/t10-;/m1./s1. The fourth-order valence-corrected chi connectivity index (χ4v) is 5.48. The summed E-state index contributed by atoms with van der Waals surface area (Å²) in [5.74, 6) is -0.846. The third kappa shape index (κ3) is 6.76. The number of aromatic nitrogens is 8. The van der Waals surface area contributed by atoms with E-state index in [1.807, 2.05) is 0 Å². The SMILES string of the molecule is Cn1nccc1C(=O)NC1COc2cc(-c3noc(C(F)F)n3)ccc21.Cn1nccc1C(=O)N[C@@H]1COc2cc(-c3noc(C(F)F)n3)ccc21. The minimum absolute atomic E-state index is 0.0501. The summed E-state index contributed by atoms with van der Waals surface area (Å²) in [4.78, 5) is 31.9. The Balaban J connectivity index is 0.000000162. The van der Waals surface area contributed by atoms with Crippen LogP contribution in [0.5, 0.6) is 11.5 Å². The number of hydrogen-bond donors (Lipinski definition) is 2. The highest BCUT2D eigenvalue weighted by Gasteiger charge is 2.29. The highest BCUT2D eigenvalue weighted by molar-refractivity contribution is 5.93. The number of halogens is 4. The molecule has 0 spiro atoms. The van der Waals surface area contributed by atoms with Gasteiger partial charge in [-0.2, -0.15) is 37.7 Å². The van der Waals surface area contributed by atoms with Gasteiger partial charge in [0.25, 0.3) is 23.6 Å². The molecule has 2 amide bonds. The Morgan fingerprint density at radius 1 is 0.692 bits per heavy atom. The van der Waals surface area contributed by atoms with Crippen molar-refractivity contribution in [1.82, 2.24) is 50.5 Å². The number of fused-ring (bicyclic) bond motifs is 2. The smallest absolute Gasteiger partial charge is 0.315 e. The second kappa shape index (κ2) is 14.0. The van der Waals surface area contributed by atoms with Crippen LogP contribution in [-0.2, 0) is 14.1 Å². The molecule has 1 unspecified atom stereocenters. The van der Waals surface area contributed by atoms with E-state index in [-0.39, 0.29) is 48.8 Å². The first-order valence-electron chi connectivity index (χ1n) is 15.4. The van der Waals surface area contributed by atoms with Gasteiger partial charge >= 0.3 is 12.9 Å². The molecule has 2 aliphatic heterocycles. The molecule has 2 aliphatic rings. The molecule has 0 saturated heterocycles. The van der Waals surface area contributed by atoms with E-state index in [1.165, 1.54) is 9.36 Å². The Bertz CT molecular complexity index is 2090. The quantitative estimate of drug-likeness (QED) is 0.209. The highest BCUT2D eigenvalue weighted by atomic mass is 19.3. The largest absolute Gasteiger partial charge is 0.491 e. The van der Waals surface area contributed by atoms with Gasteiger partial charge in [-0.25, -0.2) is 0 Å². The number of alkyl halides is 4. The number of rotatable bonds is 8. The molecule has 4 aromatic heterocycles. The predicted octanol–water partition coefficient (Wildman–Crippen LogP) is 4.54. The van der Waals surface area contributed by atoms with Crippen LogP contribution in [0.3, 0.4) is 0 Å². The van der Waals surface area contributed by atoms with Crippen molar-refractivity contribution in [2.24, 2.45) is 14.1 Å². The van der Waals surface area contributed by atoms with E-state index in [0.717, 1.165) is 11.1 Å². The van der Waals surface area contributed by atoms with Gasteiger partial charge in [0.2, 0.25) is 11.6 Å². The lowest BCUT2D eigenvalue weighted by Crippen LogP contribution is -2.30. The minimum atomic E-state index is -2.83. The van der Waals surface area contributed by atoms with E-state index in [0.29, 0.717) is 34.0 Å². The van der Waals surface area contributed by atoms with Gasteiger partial charge in [-0.3, -0.25) is 19.0 Å². The first-order chi connectivity index (χ1) is 25.0. The van der Waals surface area contributed by atoms with Gasteiger partial charge in [0.05, 0.1) is 12.1 Å². The van der Waals surface area contributed by atoms with Gasteiger partial charge in [0.1, 0.15) is 36.1 Å². The van der Waals surface area contributed by atoms with Crippen molar-refractivity contribution in [2.75, 3.05) is 13.2 Å². The molecular formula is C32H26F4N10O6. The van der Waals surface area contributed by atoms with E-state index >= 15 is 0 Å². The van der Waals surface area contributed by atoms with Crippen LogP contribution in [-0.4, -0.2) is 64.9 Å². The van der Waals surface area contributed by atoms with Crippen LogP contribution in [0.25, 0.3) is 22.8 Å². The second-order valence-corrected chi connectivity index (χ2v) is 11.4. The Morgan fingerprint density at radius 2 is 1.12 bits per heavy atom. The molecule has 6 aromatic rings. The van der Waals surface area contributed by atoms with Gasteiger partial charge < -0.3 is 29.2 Å². The molecule has 2 aromatic carbocycles. The lowest BCUT2D eigenvalue weighted by molar-refractivity contribution is 0.0913. The van der Waals surface area contributed by atoms with Crippen molar-refractivity contribution < 1.29 is 45.7 Å². The number of carbonyl (C=O) groups excluding carboxylic acids is 2. The molecule has 2 N–H and O–H groups in total. The average molecular weight is 723 g/mol. The van der Waals surface area contributed by atoms with E-state index in [4.69, 9.17) is 9.47 Å². The Hall–Kier alpha value is -6.60. The van der Waals surface area contributed by atoms with E-state index < -0.39 is 24.6 Å². The summed E-state index contributed by atoms with van der Waals surface area (Å²) in [7, 11) is 3.36. The van der Waals surface area contributed by atoms with Gasteiger partial charge in [-0.1, -0.05) is 34.6 Å². The summed E-state index contributed by atoms with van der Waals surface area (Å²) < 4.78 is 73.4. The predicted molar refractivity (Wildman–Crippen MR) is 167 cm³/mol. The summed E-state index contributed by atoms with van der Waals surface area (Å²) in [6.45, 7) is 0.522. The van der Waals surface area contributed by atoms with E-state index in [9.17, 15) is 27.2 Å². The summed E-state index contributed by atoms with van der Waals surface area (Å²) >= 11 is 0. The van der Waals surface area contributed by atoms with Crippen molar-refractivity contribution in [3.63, 3.8) is 0 Å². The number of nitrogens with zero attached hydrogens (tertiary/aromatic N) is 8. The molecule has 52 heavy (non-hydrogen) atoms. The monoisotopic (exact) mass is 722 g/mol. The van der Waals surface area contributed by atoms with Gasteiger partial charge in [0, 0.05) is 48.7 Å². The number of amides is 2. The van der Waals surface area contributed by atoms with Crippen molar-refractivity contribution >= 4 is 11.8 Å². The molecule has 8 rings (SSSR count). The maximum absolute atomic E-state index is 12.6. The number of ether oxygens (including phenoxy) is 2. The van der Waals surface area contributed by atoms with Gasteiger partial charge in [0.15, 0.2) is 0 Å². The summed E-state index contributed by atoms with van der Waals surface area (Å²) in [5, 5.41) is 20.8. The summed E-state index contributed by atoms with van der Waals surface area (Å²) in [6, 6.07) is 12.6. The zero-order valence-electron chi connectivity index (χ0n) is 27.0. The van der Waals surface area contributed by atoms with Crippen molar-refractivity contribution in [3.05, 3.63) is 95.2 Å². The molecular weight excluding hydrogens is 696 g/mol. The second-order valence-electron chi connectivity index (χ2n) is 11.4. The molecule has 268 valence electrons. The van der Waals surface area contributed by atoms with E-state index in [2.05, 4.69) is 50.2 Å². The van der Waals surface area contributed by atoms with Crippen LogP contribution in [0.1, 0.15) is 68.8 Å². The number of nitrogens with one attached hydrogen (secondary N) is 2. The number of aryl methyl sites for hydroxylation is 2. The number of hydrogen-bond acceptors (Lipinski definition) is 12. The van der Waals surface area contributed by atoms with Crippen LogP contribution >= 0.6 is 0 Å². The lowest BCUT2D eigenvalue weighted by Gasteiger charge is -2.11. The van der Waals surface area contributed by atoms with Crippen LogP contribution in [0.2, 0.25) is 0 Å². The number of carbonyl (C=O) groups is 2. The number of benzene rings is 2. The van der Waals surface area contributed by atoms with Crippen LogP contribution in [0.15, 0.2) is 70.0 Å². The first kappa shape index (κ1) is 33.9. The molecule has 0 radical (unpaired) electrons.